The maximum absolute atomic E-state index is 6.48. The van der Waals surface area contributed by atoms with Gasteiger partial charge in [0.1, 0.15) is 25.3 Å². The van der Waals surface area contributed by atoms with E-state index in [1.807, 2.05) is 12.1 Å². The molecule has 2 aliphatic heterocycles. The van der Waals surface area contributed by atoms with E-state index < -0.39 is 0 Å². The van der Waals surface area contributed by atoms with Gasteiger partial charge in [-0.3, -0.25) is 0 Å². The molecule has 0 saturated carbocycles. The summed E-state index contributed by atoms with van der Waals surface area (Å²) in [6, 6.07) is 38.8. The normalized spacial score (nSPS) is 28.5. The number of hydrogen-bond acceptors (Lipinski definition) is 4. The molecule has 5 aliphatic rings. The highest BCUT2D eigenvalue weighted by Crippen LogP contribution is 2.60. The van der Waals surface area contributed by atoms with Crippen molar-refractivity contribution in [3.63, 3.8) is 0 Å². The first-order chi connectivity index (χ1) is 18.9. The van der Waals surface area contributed by atoms with Crippen molar-refractivity contribution in [1.82, 2.24) is 0 Å². The molecule has 2 heterocycles. The van der Waals surface area contributed by atoms with Gasteiger partial charge in [0.05, 0.1) is 11.8 Å². The Balaban J connectivity index is 1.29. The van der Waals surface area contributed by atoms with E-state index in [1.165, 1.54) is 33.4 Å². The van der Waals surface area contributed by atoms with Crippen LogP contribution in [0.5, 0.6) is 0 Å². The second-order valence-corrected chi connectivity index (χ2v) is 10.7. The fraction of sp³-hybridized carbons (Fsp3) is 0.235. The predicted octanol–water partition coefficient (Wildman–Crippen LogP) is 6.85. The van der Waals surface area contributed by atoms with Crippen molar-refractivity contribution < 1.29 is 9.47 Å². The molecule has 186 valence electrons. The van der Waals surface area contributed by atoms with Gasteiger partial charge >= 0.3 is 0 Å². The molecule has 0 N–H and O–H groups in total. The van der Waals surface area contributed by atoms with Crippen LogP contribution in [0.1, 0.15) is 57.3 Å². The highest BCUT2D eigenvalue weighted by atomic mass is 16.5. The zero-order valence-electron chi connectivity index (χ0n) is 21.0. The molecule has 0 fully saturated rings. The first-order valence-corrected chi connectivity index (χ1v) is 13.6. The smallest absolute Gasteiger partial charge is 0.189 e. The molecule has 4 aromatic rings. The predicted molar refractivity (Wildman–Crippen MR) is 149 cm³/mol. The molecule has 9 rings (SSSR count). The Kier molecular flexibility index (Phi) is 5.00. The van der Waals surface area contributed by atoms with Gasteiger partial charge in [-0.25, -0.2) is 9.98 Å². The van der Waals surface area contributed by atoms with Crippen molar-refractivity contribution in [3.8, 4) is 0 Å². The average Bonchev–Trinajstić information content (AvgIpc) is 3.69. The summed E-state index contributed by atoms with van der Waals surface area (Å²) in [5, 5.41) is 0. The molecular formula is C34H28N2O2. The van der Waals surface area contributed by atoms with Crippen molar-refractivity contribution in [1.29, 1.82) is 0 Å². The Hall–Kier alpha value is -4.18. The summed E-state index contributed by atoms with van der Waals surface area (Å²) in [7, 11) is 0. The molecule has 0 unspecified atom stereocenters. The molecule has 4 aromatic carbocycles. The summed E-state index contributed by atoms with van der Waals surface area (Å²) in [5.74, 6) is 2.05. The van der Waals surface area contributed by atoms with Gasteiger partial charge in [-0.15, -0.1) is 0 Å². The first kappa shape index (κ1) is 21.9. The number of aliphatic imine (C=N–C) groups is 2. The Labute approximate surface area is 222 Å². The number of fused-ring (bicyclic) bond motifs is 1. The van der Waals surface area contributed by atoms with Gasteiger partial charge in [0.2, 0.25) is 0 Å². The monoisotopic (exact) mass is 496 g/mol. The van der Waals surface area contributed by atoms with Crippen LogP contribution in [0.2, 0.25) is 0 Å². The van der Waals surface area contributed by atoms with Crippen molar-refractivity contribution >= 4 is 11.8 Å². The molecular weight excluding hydrogens is 468 g/mol. The zero-order chi connectivity index (χ0) is 25.1. The van der Waals surface area contributed by atoms with Crippen molar-refractivity contribution in [3.05, 3.63) is 143 Å². The molecule has 0 saturated heterocycles. The van der Waals surface area contributed by atoms with Crippen molar-refractivity contribution in [2.45, 2.75) is 23.9 Å². The van der Waals surface area contributed by atoms with E-state index in [9.17, 15) is 0 Å². The molecule has 38 heavy (non-hydrogen) atoms. The van der Waals surface area contributed by atoms with Crippen LogP contribution in [-0.4, -0.2) is 25.0 Å². The van der Waals surface area contributed by atoms with Gasteiger partial charge in [-0.2, -0.15) is 0 Å². The van der Waals surface area contributed by atoms with Crippen LogP contribution in [0.15, 0.2) is 119 Å². The highest BCUT2D eigenvalue weighted by Gasteiger charge is 2.56. The number of benzene rings is 4. The molecule has 2 bridgehead atoms. The van der Waals surface area contributed by atoms with E-state index in [2.05, 4.69) is 97.1 Å². The lowest BCUT2D eigenvalue weighted by atomic mass is 9.54. The topological polar surface area (TPSA) is 43.2 Å². The second kappa shape index (κ2) is 8.70. The maximum atomic E-state index is 6.48. The fourth-order valence-corrected chi connectivity index (χ4v) is 7.11. The molecule has 4 heteroatoms. The van der Waals surface area contributed by atoms with Crippen LogP contribution in [0.3, 0.4) is 0 Å². The van der Waals surface area contributed by atoms with Crippen molar-refractivity contribution in [2.24, 2.45) is 21.8 Å². The van der Waals surface area contributed by atoms with Gasteiger partial charge < -0.3 is 9.47 Å². The molecule has 4 nitrogen and oxygen atoms in total. The lowest BCUT2D eigenvalue weighted by molar-refractivity contribution is 0.234. The van der Waals surface area contributed by atoms with E-state index in [1.54, 1.807) is 0 Å². The third kappa shape index (κ3) is 3.29. The minimum absolute atomic E-state index is 0.0151. The van der Waals surface area contributed by atoms with Crippen LogP contribution in [0.25, 0.3) is 0 Å². The Morgan fingerprint density at radius 2 is 0.789 bits per heavy atom. The lowest BCUT2D eigenvalue weighted by Crippen LogP contribution is -2.47. The Morgan fingerprint density at radius 3 is 1.16 bits per heavy atom. The molecule has 0 amide bonds. The minimum atomic E-state index is 0.0151. The van der Waals surface area contributed by atoms with Gasteiger partial charge in [0.25, 0.3) is 0 Å². The van der Waals surface area contributed by atoms with E-state index in [0.717, 1.165) is 11.8 Å². The SMILES string of the molecule is c1ccc([C@@H]2COC([C@H]3C4c5ccccc5C(c5ccccc54)[C@@H]3C3=N[C@H](c4ccccc4)CO3)=N2)cc1. The Morgan fingerprint density at radius 1 is 0.447 bits per heavy atom. The van der Waals surface area contributed by atoms with Gasteiger partial charge in [-0.1, -0.05) is 109 Å². The number of hydrogen-bond donors (Lipinski definition) is 0. The number of ether oxygens (including phenoxy) is 2. The minimum Gasteiger partial charge on any atom is -0.478 e. The first-order valence-electron chi connectivity index (χ1n) is 13.6. The maximum Gasteiger partial charge on any atom is 0.189 e. The van der Waals surface area contributed by atoms with Crippen LogP contribution in [-0.2, 0) is 9.47 Å². The van der Waals surface area contributed by atoms with Gasteiger partial charge in [0, 0.05) is 11.8 Å². The van der Waals surface area contributed by atoms with Crippen LogP contribution >= 0.6 is 0 Å². The zero-order valence-corrected chi connectivity index (χ0v) is 21.0. The van der Waals surface area contributed by atoms with Crippen LogP contribution < -0.4 is 0 Å². The van der Waals surface area contributed by atoms with E-state index >= 15 is 0 Å². The van der Waals surface area contributed by atoms with E-state index in [0.29, 0.717) is 13.2 Å². The summed E-state index contributed by atoms with van der Waals surface area (Å²) in [4.78, 5) is 10.5. The summed E-state index contributed by atoms with van der Waals surface area (Å²) in [5.41, 5.74) is 7.91. The second-order valence-electron chi connectivity index (χ2n) is 10.7. The van der Waals surface area contributed by atoms with Gasteiger partial charge in [-0.05, 0) is 33.4 Å². The summed E-state index contributed by atoms with van der Waals surface area (Å²) in [6.45, 7) is 1.15. The van der Waals surface area contributed by atoms with Crippen LogP contribution in [0.4, 0.5) is 0 Å². The molecule has 4 atom stereocenters. The third-order valence-electron chi connectivity index (χ3n) is 8.72. The Bertz CT molecular complexity index is 1400. The quantitative estimate of drug-likeness (QED) is 0.310. The number of rotatable bonds is 4. The van der Waals surface area contributed by atoms with Crippen molar-refractivity contribution in [2.75, 3.05) is 13.2 Å². The van der Waals surface area contributed by atoms with E-state index in [4.69, 9.17) is 19.5 Å². The highest BCUT2D eigenvalue weighted by molar-refractivity contribution is 5.93. The lowest BCUT2D eigenvalue weighted by Gasteiger charge is -2.49. The average molecular weight is 497 g/mol. The fourth-order valence-electron chi connectivity index (χ4n) is 7.11. The third-order valence-corrected chi connectivity index (χ3v) is 8.72. The molecule has 3 aliphatic carbocycles. The summed E-state index contributed by atoms with van der Waals surface area (Å²) < 4.78 is 13.0. The van der Waals surface area contributed by atoms with E-state index in [-0.39, 0.29) is 35.8 Å². The molecule has 0 aromatic heterocycles. The standard InChI is InChI=1S/C34H28N2O2/c1-3-11-21(12-4-1)27-19-37-33(35-27)31-29-23-15-7-9-17-25(23)30(26-18-10-8-16-24(26)29)32(31)34-36-28(20-38-34)22-13-5-2-6-14-22/h1-18,27-32H,19-20H2/t27-,28-,29?,30?,31-,32-/m0/s1. The largest absolute Gasteiger partial charge is 0.478 e. The summed E-state index contributed by atoms with van der Waals surface area (Å²) in [6.07, 6.45) is 0. The molecule has 0 spiro atoms. The number of nitrogens with zero attached hydrogens (tertiary/aromatic N) is 2. The van der Waals surface area contributed by atoms with Gasteiger partial charge in [0.15, 0.2) is 11.8 Å². The molecule has 0 radical (unpaired) electrons. The van der Waals surface area contributed by atoms with Crippen LogP contribution in [0, 0.1) is 11.8 Å². The summed E-state index contributed by atoms with van der Waals surface area (Å²) >= 11 is 0.